The van der Waals surface area contributed by atoms with Crippen molar-refractivity contribution < 1.29 is 4.79 Å². The fourth-order valence-electron chi connectivity index (χ4n) is 2.24. The minimum absolute atomic E-state index is 0.0145. The summed E-state index contributed by atoms with van der Waals surface area (Å²) in [5.74, 6) is 1.12. The highest BCUT2D eigenvalue weighted by molar-refractivity contribution is 6.30. The van der Waals surface area contributed by atoms with Crippen LogP contribution in [0.25, 0.3) is 0 Å². The standard InChI is InChI=1S/C16H23ClN4O/c1-4-18-16(19-10-15(22)21(2)3)20-14-9-13(14)11-6-5-7-12(17)8-11/h5-8,13-14H,4,9-10H2,1-3H3,(H2,18,19,20). The van der Waals surface area contributed by atoms with Crippen molar-refractivity contribution in [3.63, 3.8) is 0 Å². The molecule has 1 fully saturated rings. The Morgan fingerprint density at radius 2 is 2.23 bits per heavy atom. The number of halogens is 1. The van der Waals surface area contributed by atoms with Crippen LogP contribution in [0.1, 0.15) is 24.8 Å². The van der Waals surface area contributed by atoms with Crippen LogP contribution >= 0.6 is 11.6 Å². The van der Waals surface area contributed by atoms with Gasteiger partial charge in [-0.2, -0.15) is 0 Å². The number of hydrogen-bond acceptors (Lipinski definition) is 2. The molecule has 0 heterocycles. The zero-order chi connectivity index (χ0) is 16.1. The first-order valence-corrected chi connectivity index (χ1v) is 7.89. The summed E-state index contributed by atoms with van der Waals surface area (Å²) in [7, 11) is 3.46. The van der Waals surface area contributed by atoms with Gasteiger partial charge in [0.1, 0.15) is 6.54 Å². The molecule has 22 heavy (non-hydrogen) atoms. The molecule has 0 bridgehead atoms. The van der Waals surface area contributed by atoms with E-state index in [-0.39, 0.29) is 12.5 Å². The average molecular weight is 323 g/mol. The summed E-state index contributed by atoms with van der Waals surface area (Å²) in [6.07, 6.45) is 1.05. The number of benzene rings is 1. The number of likely N-dealkylation sites (N-methyl/N-ethyl adjacent to an activating group) is 1. The van der Waals surface area contributed by atoms with Crippen molar-refractivity contribution in [1.29, 1.82) is 0 Å². The van der Waals surface area contributed by atoms with E-state index in [9.17, 15) is 4.79 Å². The van der Waals surface area contributed by atoms with Crippen LogP contribution in [0.15, 0.2) is 29.3 Å². The van der Waals surface area contributed by atoms with E-state index in [0.29, 0.717) is 17.9 Å². The largest absolute Gasteiger partial charge is 0.357 e. The van der Waals surface area contributed by atoms with Crippen LogP contribution in [0.4, 0.5) is 0 Å². The maximum atomic E-state index is 11.6. The van der Waals surface area contributed by atoms with E-state index in [1.54, 1.807) is 19.0 Å². The van der Waals surface area contributed by atoms with Gasteiger partial charge < -0.3 is 15.5 Å². The van der Waals surface area contributed by atoms with E-state index in [2.05, 4.69) is 21.7 Å². The molecule has 0 aromatic heterocycles. The van der Waals surface area contributed by atoms with E-state index >= 15 is 0 Å². The number of carbonyl (C=O) groups excluding carboxylic acids is 1. The molecule has 6 heteroatoms. The van der Waals surface area contributed by atoms with Crippen molar-refractivity contribution in [2.75, 3.05) is 27.2 Å². The minimum atomic E-state index is -0.0145. The highest BCUT2D eigenvalue weighted by atomic mass is 35.5. The van der Waals surface area contributed by atoms with Gasteiger partial charge in [-0.15, -0.1) is 0 Å². The summed E-state index contributed by atoms with van der Waals surface area (Å²) < 4.78 is 0. The Morgan fingerprint density at radius 3 is 2.86 bits per heavy atom. The molecule has 0 spiro atoms. The van der Waals surface area contributed by atoms with E-state index in [1.165, 1.54) is 5.56 Å². The molecule has 1 aromatic carbocycles. The third-order valence-electron chi connectivity index (χ3n) is 3.60. The number of hydrogen-bond donors (Lipinski definition) is 2. The second-order valence-electron chi connectivity index (χ2n) is 5.63. The predicted molar refractivity (Wildman–Crippen MR) is 90.4 cm³/mol. The first-order valence-electron chi connectivity index (χ1n) is 7.51. The monoisotopic (exact) mass is 322 g/mol. The summed E-state index contributed by atoms with van der Waals surface area (Å²) in [4.78, 5) is 17.5. The molecule has 5 nitrogen and oxygen atoms in total. The Hall–Kier alpha value is -1.75. The maximum Gasteiger partial charge on any atom is 0.243 e. The van der Waals surface area contributed by atoms with Crippen molar-refractivity contribution >= 4 is 23.5 Å². The number of carbonyl (C=O) groups is 1. The van der Waals surface area contributed by atoms with Gasteiger partial charge in [-0.3, -0.25) is 4.79 Å². The number of aliphatic imine (C=N–C) groups is 1. The average Bonchev–Trinajstić information content (AvgIpc) is 3.23. The van der Waals surface area contributed by atoms with Gasteiger partial charge in [-0.25, -0.2) is 4.99 Å². The van der Waals surface area contributed by atoms with E-state index in [0.717, 1.165) is 18.0 Å². The smallest absolute Gasteiger partial charge is 0.243 e. The molecule has 1 aliphatic rings. The normalized spacial score (nSPS) is 20.5. The molecule has 120 valence electrons. The first kappa shape index (κ1) is 16.6. The second-order valence-corrected chi connectivity index (χ2v) is 6.07. The summed E-state index contributed by atoms with van der Waals surface area (Å²) in [6.45, 7) is 2.92. The number of rotatable bonds is 5. The van der Waals surface area contributed by atoms with Gasteiger partial charge in [0, 0.05) is 37.6 Å². The summed E-state index contributed by atoms with van der Waals surface area (Å²) in [6, 6.07) is 8.30. The highest BCUT2D eigenvalue weighted by Crippen LogP contribution is 2.41. The fourth-order valence-corrected chi connectivity index (χ4v) is 2.44. The molecule has 0 aliphatic heterocycles. The van der Waals surface area contributed by atoms with Crippen LogP contribution in [0.3, 0.4) is 0 Å². The minimum Gasteiger partial charge on any atom is -0.357 e. The molecule has 1 amide bonds. The third-order valence-corrected chi connectivity index (χ3v) is 3.84. The Labute approximate surface area is 136 Å². The first-order chi connectivity index (χ1) is 10.5. The van der Waals surface area contributed by atoms with Gasteiger partial charge >= 0.3 is 0 Å². The maximum absolute atomic E-state index is 11.6. The lowest BCUT2D eigenvalue weighted by Gasteiger charge is -2.12. The zero-order valence-electron chi connectivity index (χ0n) is 13.3. The topological polar surface area (TPSA) is 56.7 Å². The summed E-state index contributed by atoms with van der Waals surface area (Å²) in [5.41, 5.74) is 1.24. The van der Waals surface area contributed by atoms with Crippen LogP contribution in [-0.4, -0.2) is 50.0 Å². The molecule has 2 N–H and O–H groups in total. The SMILES string of the molecule is CCNC(=NCC(=O)N(C)C)NC1CC1c1cccc(Cl)c1. The lowest BCUT2D eigenvalue weighted by atomic mass is 10.1. The van der Waals surface area contributed by atoms with E-state index in [1.807, 2.05) is 25.1 Å². The lowest BCUT2D eigenvalue weighted by Crippen LogP contribution is -2.40. The zero-order valence-corrected chi connectivity index (χ0v) is 14.0. The van der Waals surface area contributed by atoms with Gasteiger partial charge in [-0.1, -0.05) is 23.7 Å². The third kappa shape index (κ3) is 4.63. The van der Waals surface area contributed by atoms with Crippen LogP contribution in [0, 0.1) is 0 Å². The predicted octanol–water partition coefficient (Wildman–Crippen LogP) is 1.84. The van der Waals surface area contributed by atoms with Gasteiger partial charge in [0.25, 0.3) is 0 Å². The Kier molecular flexibility index (Phi) is 5.66. The Morgan fingerprint density at radius 1 is 1.45 bits per heavy atom. The molecule has 0 radical (unpaired) electrons. The lowest BCUT2D eigenvalue weighted by molar-refractivity contribution is -0.127. The van der Waals surface area contributed by atoms with Gasteiger partial charge in [-0.05, 0) is 31.0 Å². The highest BCUT2D eigenvalue weighted by Gasteiger charge is 2.39. The van der Waals surface area contributed by atoms with E-state index in [4.69, 9.17) is 11.6 Å². The van der Waals surface area contributed by atoms with Crippen LogP contribution in [0.2, 0.25) is 5.02 Å². The molecule has 2 rings (SSSR count). The Bertz CT molecular complexity index is 559. The number of nitrogens with one attached hydrogen (secondary N) is 2. The molecular weight excluding hydrogens is 300 g/mol. The quantitative estimate of drug-likeness (QED) is 0.642. The molecule has 1 saturated carbocycles. The molecule has 1 aliphatic carbocycles. The van der Waals surface area contributed by atoms with Crippen LogP contribution in [0.5, 0.6) is 0 Å². The Balaban J connectivity index is 1.93. The number of nitrogens with zero attached hydrogens (tertiary/aromatic N) is 2. The van der Waals surface area contributed by atoms with Crippen molar-refractivity contribution in [3.8, 4) is 0 Å². The molecule has 2 unspecified atom stereocenters. The fraction of sp³-hybridized carbons (Fsp3) is 0.500. The molecule has 1 aromatic rings. The number of guanidine groups is 1. The van der Waals surface area contributed by atoms with Crippen molar-refractivity contribution in [3.05, 3.63) is 34.9 Å². The molecule has 0 saturated heterocycles. The number of amides is 1. The molecular formula is C16H23ClN4O. The molecule has 2 atom stereocenters. The summed E-state index contributed by atoms with van der Waals surface area (Å²) in [5, 5.41) is 7.32. The summed E-state index contributed by atoms with van der Waals surface area (Å²) >= 11 is 6.04. The van der Waals surface area contributed by atoms with Crippen molar-refractivity contribution in [2.45, 2.75) is 25.3 Å². The van der Waals surface area contributed by atoms with Gasteiger partial charge in [0.15, 0.2) is 5.96 Å². The van der Waals surface area contributed by atoms with Crippen LogP contribution in [-0.2, 0) is 4.79 Å². The second kappa shape index (κ2) is 7.49. The van der Waals surface area contributed by atoms with Gasteiger partial charge in [0.2, 0.25) is 5.91 Å². The van der Waals surface area contributed by atoms with E-state index < -0.39 is 0 Å². The van der Waals surface area contributed by atoms with Gasteiger partial charge in [0.05, 0.1) is 0 Å². The van der Waals surface area contributed by atoms with Crippen molar-refractivity contribution in [2.24, 2.45) is 4.99 Å². The van der Waals surface area contributed by atoms with Crippen molar-refractivity contribution in [1.82, 2.24) is 15.5 Å². The van der Waals surface area contributed by atoms with Crippen LogP contribution < -0.4 is 10.6 Å².